The molecule has 0 aromatic heterocycles. The summed E-state index contributed by atoms with van der Waals surface area (Å²) >= 11 is 3.54. The summed E-state index contributed by atoms with van der Waals surface area (Å²) in [5, 5.41) is 3.39. The molecule has 0 fully saturated rings. The van der Waals surface area contributed by atoms with Crippen molar-refractivity contribution >= 4 is 21.6 Å². The predicted molar refractivity (Wildman–Crippen MR) is 81.3 cm³/mol. The van der Waals surface area contributed by atoms with Crippen molar-refractivity contribution in [1.82, 2.24) is 5.32 Å². The van der Waals surface area contributed by atoms with Crippen molar-refractivity contribution in [2.75, 3.05) is 38.3 Å². The second kappa shape index (κ2) is 8.51. The van der Waals surface area contributed by atoms with E-state index in [0.717, 1.165) is 37.3 Å². The molecule has 0 radical (unpaired) electrons. The Kier molecular flexibility index (Phi) is 7.32. The maximum atomic E-state index is 5.17. The standard InChI is InChI=1S/C14H23BrN2O/c1-4-16-11-12-10-13(15)6-7-14(12)17(5-2)8-9-18-3/h6-7,10,16H,4-5,8-9,11H2,1-3H3. The summed E-state index contributed by atoms with van der Waals surface area (Å²) < 4.78 is 6.30. The molecule has 0 amide bonds. The molecule has 0 spiro atoms. The van der Waals surface area contributed by atoms with Gasteiger partial charge in [0.1, 0.15) is 0 Å². The van der Waals surface area contributed by atoms with E-state index in [9.17, 15) is 0 Å². The van der Waals surface area contributed by atoms with E-state index >= 15 is 0 Å². The first-order valence-corrected chi connectivity index (χ1v) is 7.25. The van der Waals surface area contributed by atoms with Crippen molar-refractivity contribution in [2.45, 2.75) is 20.4 Å². The molecular weight excluding hydrogens is 292 g/mol. The van der Waals surface area contributed by atoms with Gasteiger partial charge in [-0.05, 0) is 37.2 Å². The van der Waals surface area contributed by atoms with E-state index in [4.69, 9.17) is 4.74 Å². The minimum Gasteiger partial charge on any atom is -0.383 e. The highest BCUT2D eigenvalue weighted by molar-refractivity contribution is 9.10. The molecule has 1 N–H and O–H groups in total. The fourth-order valence-electron chi connectivity index (χ4n) is 1.91. The van der Waals surface area contributed by atoms with Crippen LogP contribution in [0.25, 0.3) is 0 Å². The molecule has 0 saturated heterocycles. The van der Waals surface area contributed by atoms with Gasteiger partial charge in [-0.15, -0.1) is 0 Å². The van der Waals surface area contributed by atoms with E-state index < -0.39 is 0 Å². The number of anilines is 1. The van der Waals surface area contributed by atoms with Gasteiger partial charge in [-0.2, -0.15) is 0 Å². The number of benzene rings is 1. The van der Waals surface area contributed by atoms with E-state index in [1.54, 1.807) is 7.11 Å². The van der Waals surface area contributed by atoms with Crippen LogP contribution in [0, 0.1) is 0 Å². The third-order valence-electron chi connectivity index (χ3n) is 2.89. The van der Waals surface area contributed by atoms with Crippen molar-refractivity contribution in [3.05, 3.63) is 28.2 Å². The van der Waals surface area contributed by atoms with Gasteiger partial charge in [0, 0.05) is 36.9 Å². The number of hydrogen-bond donors (Lipinski definition) is 1. The molecule has 0 aliphatic heterocycles. The Bertz CT molecular complexity index is 358. The van der Waals surface area contributed by atoms with Crippen LogP contribution < -0.4 is 10.2 Å². The lowest BCUT2D eigenvalue weighted by atomic mass is 10.1. The highest BCUT2D eigenvalue weighted by atomic mass is 79.9. The normalized spacial score (nSPS) is 10.7. The first-order chi connectivity index (χ1) is 8.72. The molecule has 0 saturated carbocycles. The Morgan fingerprint density at radius 1 is 1.33 bits per heavy atom. The minimum absolute atomic E-state index is 0.755. The average Bonchev–Trinajstić information content (AvgIpc) is 2.38. The highest BCUT2D eigenvalue weighted by Crippen LogP contribution is 2.24. The molecule has 0 aliphatic carbocycles. The summed E-state index contributed by atoms with van der Waals surface area (Å²) in [6.45, 7) is 8.85. The second-order valence-electron chi connectivity index (χ2n) is 4.13. The van der Waals surface area contributed by atoms with Crippen molar-refractivity contribution < 1.29 is 4.74 Å². The lowest BCUT2D eigenvalue weighted by Gasteiger charge is -2.25. The first-order valence-electron chi connectivity index (χ1n) is 6.45. The summed E-state index contributed by atoms with van der Waals surface area (Å²) in [5.74, 6) is 0. The summed E-state index contributed by atoms with van der Waals surface area (Å²) in [4.78, 5) is 2.35. The number of ether oxygens (including phenoxy) is 1. The van der Waals surface area contributed by atoms with Crippen molar-refractivity contribution in [3.63, 3.8) is 0 Å². The third-order valence-corrected chi connectivity index (χ3v) is 3.39. The van der Waals surface area contributed by atoms with Gasteiger partial charge < -0.3 is 15.0 Å². The number of likely N-dealkylation sites (N-methyl/N-ethyl adjacent to an activating group) is 1. The number of halogens is 1. The topological polar surface area (TPSA) is 24.5 Å². The zero-order valence-corrected chi connectivity index (χ0v) is 13.1. The van der Waals surface area contributed by atoms with Gasteiger partial charge in [-0.25, -0.2) is 0 Å². The maximum Gasteiger partial charge on any atom is 0.0637 e. The van der Waals surface area contributed by atoms with Crippen LogP contribution in [-0.4, -0.2) is 33.4 Å². The monoisotopic (exact) mass is 314 g/mol. The summed E-state index contributed by atoms with van der Waals surface area (Å²) in [6.07, 6.45) is 0. The van der Waals surface area contributed by atoms with E-state index in [0.29, 0.717) is 0 Å². The fourth-order valence-corrected chi connectivity index (χ4v) is 2.32. The van der Waals surface area contributed by atoms with Crippen LogP contribution >= 0.6 is 15.9 Å². The number of rotatable bonds is 8. The molecule has 1 aromatic rings. The highest BCUT2D eigenvalue weighted by Gasteiger charge is 2.09. The summed E-state index contributed by atoms with van der Waals surface area (Å²) in [7, 11) is 1.75. The number of hydrogen-bond acceptors (Lipinski definition) is 3. The van der Waals surface area contributed by atoms with Crippen LogP contribution in [0.1, 0.15) is 19.4 Å². The minimum atomic E-state index is 0.755. The molecular formula is C14H23BrN2O. The largest absolute Gasteiger partial charge is 0.383 e. The van der Waals surface area contributed by atoms with Gasteiger partial charge in [0.2, 0.25) is 0 Å². The Morgan fingerprint density at radius 3 is 2.72 bits per heavy atom. The van der Waals surface area contributed by atoms with Gasteiger partial charge >= 0.3 is 0 Å². The Balaban J connectivity index is 2.89. The third kappa shape index (κ3) is 4.59. The molecule has 3 nitrogen and oxygen atoms in total. The second-order valence-corrected chi connectivity index (χ2v) is 5.04. The molecule has 18 heavy (non-hydrogen) atoms. The Morgan fingerprint density at radius 2 is 2.11 bits per heavy atom. The van der Waals surface area contributed by atoms with E-state index in [-0.39, 0.29) is 0 Å². The molecule has 4 heteroatoms. The molecule has 0 atom stereocenters. The lowest BCUT2D eigenvalue weighted by molar-refractivity contribution is 0.205. The average molecular weight is 315 g/mol. The number of nitrogens with one attached hydrogen (secondary N) is 1. The summed E-state index contributed by atoms with van der Waals surface area (Å²) in [5.41, 5.74) is 2.61. The predicted octanol–water partition coefficient (Wildman–Crippen LogP) is 3.03. The van der Waals surface area contributed by atoms with E-state index in [1.807, 2.05) is 0 Å². The van der Waals surface area contributed by atoms with E-state index in [2.05, 4.69) is 58.2 Å². The number of nitrogens with zero attached hydrogens (tertiary/aromatic N) is 1. The van der Waals surface area contributed by atoms with Crippen LogP contribution in [0.2, 0.25) is 0 Å². The lowest BCUT2D eigenvalue weighted by Crippen LogP contribution is -2.28. The van der Waals surface area contributed by atoms with Gasteiger partial charge in [-0.3, -0.25) is 0 Å². The van der Waals surface area contributed by atoms with Crippen molar-refractivity contribution in [1.29, 1.82) is 0 Å². The molecule has 0 aliphatic rings. The van der Waals surface area contributed by atoms with Gasteiger partial charge in [0.15, 0.2) is 0 Å². The van der Waals surface area contributed by atoms with Crippen LogP contribution in [0.3, 0.4) is 0 Å². The maximum absolute atomic E-state index is 5.17. The fraction of sp³-hybridized carbons (Fsp3) is 0.571. The smallest absolute Gasteiger partial charge is 0.0637 e. The Hall–Kier alpha value is -0.580. The van der Waals surface area contributed by atoms with Gasteiger partial charge in [0.05, 0.1) is 6.61 Å². The molecule has 1 aromatic carbocycles. The number of methoxy groups -OCH3 is 1. The molecule has 1 rings (SSSR count). The quantitative estimate of drug-likeness (QED) is 0.798. The van der Waals surface area contributed by atoms with Gasteiger partial charge in [-0.1, -0.05) is 22.9 Å². The van der Waals surface area contributed by atoms with Crippen molar-refractivity contribution in [2.24, 2.45) is 0 Å². The molecule has 0 bridgehead atoms. The van der Waals surface area contributed by atoms with E-state index in [1.165, 1.54) is 11.3 Å². The zero-order valence-electron chi connectivity index (χ0n) is 11.5. The zero-order chi connectivity index (χ0) is 13.4. The van der Waals surface area contributed by atoms with Crippen LogP contribution in [0.4, 0.5) is 5.69 Å². The SMILES string of the molecule is CCNCc1cc(Br)ccc1N(CC)CCOC. The van der Waals surface area contributed by atoms with Crippen molar-refractivity contribution in [3.8, 4) is 0 Å². The van der Waals surface area contributed by atoms with Crippen LogP contribution in [0.15, 0.2) is 22.7 Å². The summed E-state index contributed by atoms with van der Waals surface area (Å²) in [6, 6.07) is 6.46. The first kappa shape index (κ1) is 15.5. The molecule has 0 unspecified atom stereocenters. The molecule has 102 valence electrons. The van der Waals surface area contributed by atoms with Crippen LogP contribution in [0.5, 0.6) is 0 Å². The Labute approximate surface area is 119 Å². The van der Waals surface area contributed by atoms with Crippen LogP contribution in [-0.2, 0) is 11.3 Å². The van der Waals surface area contributed by atoms with Gasteiger partial charge in [0.25, 0.3) is 0 Å². The molecule has 0 heterocycles.